The molecule has 0 aliphatic carbocycles. The lowest BCUT2D eigenvalue weighted by atomic mass is 10.2. The average Bonchev–Trinajstić information content (AvgIpc) is 2.35. The molecule has 1 aliphatic rings. The van der Waals surface area contributed by atoms with Crippen molar-refractivity contribution in [2.24, 2.45) is 0 Å². The Bertz CT molecular complexity index is 525. The second-order valence-corrected chi connectivity index (χ2v) is 7.39. The Hall–Kier alpha value is -0.590. The van der Waals surface area contributed by atoms with Gasteiger partial charge in [-0.15, -0.1) is 0 Å². The Kier molecular flexibility index (Phi) is 4.29. The lowest BCUT2D eigenvalue weighted by molar-refractivity contribution is 0.499. The third-order valence-electron chi connectivity index (χ3n) is 3.11. The largest absolute Gasteiger partial charge is 0.315 e. The van der Waals surface area contributed by atoms with Gasteiger partial charge in [-0.2, -0.15) is 0 Å². The second-order valence-electron chi connectivity index (χ2n) is 4.58. The van der Waals surface area contributed by atoms with E-state index in [1.807, 2.05) is 19.1 Å². The first-order chi connectivity index (χ1) is 8.49. The summed E-state index contributed by atoms with van der Waals surface area (Å²) >= 11 is 3.40. The van der Waals surface area contributed by atoms with Gasteiger partial charge in [0.2, 0.25) is 10.0 Å². The van der Waals surface area contributed by atoms with Crippen LogP contribution in [0.15, 0.2) is 22.7 Å². The predicted molar refractivity (Wildman–Crippen MR) is 77.3 cm³/mol. The fourth-order valence-electron chi connectivity index (χ4n) is 2.04. The molecule has 2 rings (SSSR count). The highest BCUT2D eigenvalue weighted by Crippen LogP contribution is 2.22. The van der Waals surface area contributed by atoms with Crippen molar-refractivity contribution in [3.63, 3.8) is 0 Å². The topological polar surface area (TPSA) is 58.2 Å². The highest BCUT2D eigenvalue weighted by atomic mass is 79.9. The van der Waals surface area contributed by atoms with Gasteiger partial charge in [-0.05, 0) is 50.1 Å². The van der Waals surface area contributed by atoms with Gasteiger partial charge in [-0.1, -0.05) is 15.9 Å². The molecule has 1 heterocycles. The molecule has 1 saturated heterocycles. The van der Waals surface area contributed by atoms with Gasteiger partial charge in [-0.25, -0.2) is 8.42 Å². The van der Waals surface area contributed by atoms with Crippen molar-refractivity contribution in [2.75, 3.05) is 17.8 Å². The highest BCUT2D eigenvalue weighted by molar-refractivity contribution is 9.10. The van der Waals surface area contributed by atoms with Crippen LogP contribution in [0, 0.1) is 6.92 Å². The summed E-state index contributed by atoms with van der Waals surface area (Å²) in [5.41, 5.74) is 1.64. The molecule has 2 N–H and O–H groups in total. The van der Waals surface area contributed by atoms with Crippen molar-refractivity contribution in [3.8, 4) is 0 Å². The number of nitrogens with one attached hydrogen (secondary N) is 2. The number of halogens is 1. The molecule has 1 atom stereocenters. The zero-order chi connectivity index (χ0) is 13.2. The van der Waals surface area contributed by atoms with Crippen molar-refractivity contribution < 1.29 is 8.42 Å². The minimum absolute atomic E-state index is 0.338. The van der Waals surface area contributed by atoms with Gasteiger partial charge in [0, 0.05) is 16.7 Å². The molecule has 0 aromatic heterocycles. The first kappa shape index (κ1) is 13.8. The number of anilines is 1. The van der Waals surface area contributed by atoms with E-state index in [0.29, 0.717) is 12.2 Å². The molecule has 1 aliphatic heterocycles. The lowest BCUT2D eigenvalue weighted by Crippen LogP contribution is -2.41. The molecular formula is C12H17BrN2O2S. The summed E-state index contributed by atoms with van der Waals surface area (Å²) in [6, 6.07) is 5.45. The maximum atomic E-state index is 12.2. The molecule has 1 unspecified atom stereocenters. The molecule has 1 aromatic carbocycles. The molecule has 1 aromatic rings. The first-order valence-corrected chi connectivity index (χ1v) is 8.31. The Morgan fingerprint density at radius 3 is 2.83 bits per heavy atom. The highest BCUT2D eigenvalue weighted by Gasteiger charge is 2.27. The summed E-state index contributed by atoms with van der Waals surface area (Å²) in [6.07, 6.45) is 1.63. The summed E-state index contributed by atoms with van der Waals surface area (Å²) < 4.78 is 28.0. The Morgan fingerprint density at radius 1 is 1.44 bits per heavy atom. The zero-order valence-electron chi connectivity index (χ0n) is 10.2. The Morgan fingerprint density at radius 2 is 2.22 bits per heavy atom. The van der Waals surface area contributed by atoms with E-state index in [0.717, 1.165) is 29.4 Å². The summed E-state index contributed by atoms with van der Waals surface area (Å²) in [5, 5.41) is 2.78. The molecule has 0 radical (unpaired) electrons. The van der Waals surface area contributed by atoms with E-state index in [9.17, 15) is 8.42 Å². The third kappa shape index (κ3) is 3.24. The molecule has 0 saturated carbocycles. The number of sulfonamides is 1. The standard InChI is InChI=1S/C12H17BrN2O2S/c1-9-7-10(4-5-12(9)13)15-18(16,17)11-3-2-6-14-8-11/h4-5,7,11,14-15H,2-3,6,8H2,1H3. The lowest BCUT2D eigenvalue weighted by Gasteiger charge is -2.23. The molecule has 0 amide bonds. The third-order valence-corrected chi connectivity index (χ3v) is 5.80. The van der Waals surface area contributed by atoms with Crippen LogP contribution in [0.25, 0.3) is 0 Å². The van der Waals surface area contributed by atoms with E-state index in [4.69, 9.17) is 0 Å². The van der Waals surface area contributed by atoms with Crippen LogP contribution in [-0.4, -0.2) is 26.8 Å². The normalized spacial score (nSPS) is 20.7. The molecule has 0 spiro atoms. The number of piperidine rings is 1. The van der Waals surface area contributed by atoms with Gasteiger partial charge in [-0.3, -0.25) is 4.72 Å². The van der Waals surface area contributed by atoms with Crippen LogP contribution >= 0.6 is 15.9 Å². The fraction of sp³-hybridized carbons (Fsp3) is 0.500. The quantitative estimate of drug-likeness (QED) is 0.892. The second kappa shape index (κ2) is 5.59. The van der Waals surface area contributed by atoms with Crippen LogP contribution in [0.1, 0.15) is 18.4 Å². The monoisotopic (exact) mass is 332 g/mol. The maximum absolute atomic E-state index is 12.2. The summed E-state index contributed by atoms with van der Waals surface area (Å²) in [5.74, 6) is 0. The van der Waals surface area contributed by atoms with Crippen molar-refractivity contribution in [3.05, 3.63) is 28.2 Å². The molecule has 4 nitrogen and oxygen atoms in total. The van der Waals surface area contributed by atoms with Crippen LogP contribution in [-0.2, 0) is 10.0 Å². The molecule has 100 valence electrons. The average molecular weight is 333 g/mol. The Balaban J connectivity index is 2.13. The molecule has 1 fully saturated rings. The van der Waals surface area contributed by atoms with Crippen molar-refractivity contribution >= 4 is 31.6 Å². The van der Waals surface area contributed by atoms with Crippen LogP contribution < -0.4 is 10.0 Å². The number of hydrogen-bond acceptors (Lipinski definition) is 3. The number of benzene rings is 1. The minimum atomic E-state index is -3.29. The molecular weight excluding hydrogens is 316 g/mol. The van der Waals surface area contributed by atoms with E-state index >= 15 is 0 Å². The van der Waals surface area contributed by atoms with Crippen LogP contribution in [0.2, 0.25) is 0 Å². The van der Waals surface area contributed by atoms with Gasteiger partial charge in [0.1, 0.15) is 0 Å². The van der Waals surface area contributed by atoms with Crippen molar-refractivity contribution in [1.29, 1.82) is 0 Å². The summed E-state index contributed by atoms with van der Waals surface area (Å²) in [7, 11) is -3.29. The Labute approximate surface area is 116 Å². The minimum Gasteiger partial charge on any atom is -0.315 e. The van der Waals surface area contributed by atoms with E-state index in [-0.39, 0.29) is 5.25 Å². The van der Waals surface area contributed by atoms with E-state index in [2.05, 4.69) is 26.0 Å². The maximum Gasteiger partial charge on any atom is 0.236 e. The van der Waals surface area contributed by atoms with Crippen molar-refractivity contribution in [1.82, 2.24) is 5.32 Å². The predicted octanol–water partition coefficient (Wildman–Crippen LogP) is 2.25. The molecule has 0 bridgehead atoms. The van der Waals surface area contributed by atoms with Crippen LogP contribution in [0.3, 0.4) is 0 Å². The smallest absolute Gasteiger partial charge is 0.236 e. The number of rotatable bonds is 3. The van der Waals surface area contributed by atoms with Gasteiger partial charge in [0.25, 0.3) is 0 Å². The number of hydrogen-bond donors (Lipinski definition) is 2. The van der Waals surface area contributed by atoms with Crippen LogP contribution in [0.5, 0.6) is 0 Å². The van der Waals surface area contributed by atoms with Gasteiger partial charge in [0.15, 0.2) is 0 Å². The van der Waals surface area contributed by atoms with E-state index in [1.54, 1.807) is 6.07 Å². The fourth-order valence-corrected chi connectivity index (χ4v) is 3.72. The van der Waals surface area contributed by atoms with Crippen molar-refractivity contribution in [2.45, 2.75) is 25.0 Å². The summed E-state index contributed by atoms with van der Waals surface area (Å²) in [4.78, 5) is 0. The zero-order valence-corrected chi connectivity index (χ0v) is 12.6. The van der Waals surface area contributed by atoms with Gasteiger partial charge in [0.05, 0.1) is 5.25 Å². The SMILES string of the molecule is Cc1cc(NS(=O)(=O)C2CCCNC2)ccc1Br. The number of aryl methyl sites for hydroxylation is 1. The molecule has 18 heavy (non-hydrogen) atoms. The molecule has 6 heteroatoms. The summed E-state index contributed by atoms with van der Waals surface area (Å²) in [6.45, 7) is 3.37. The van der Waals surface area contributed by atoms with E-state index < -0.39 is 10.0 Å². The van der Waals surface area contributed by atoms with Gasteiger partial charge >= 0.3 is 0 Å². The van der Waals surface area contributed by atoms with Crippen LogP contribution in [0.4, 0.5) is 5.69 Å². The van der Waals surface area contributed by atoms with Gasteiger partial charge < -0.3 is 5.32 Å². The van der Waals surface area contributed by atoms with E-state index in [1.165, 1.54) is 0 Å². The first-order valence-electron chi connectivity index (χ1n) is 5.97.